The van der Waals surface area contributed by atoms with E-state index in [1.54, 1.807) is 10.7 Å². The van der Waals surface area contributed by atoms with E-state index in [1.165, 1.54) is 6.21 Å². The molecule has 12 heavy (non-hydrogen) atoms. The fourth-order valence-corrected chi connectivity index (χ4v) is 1.13. The molecule has 1 N–H and O–H groups in total. The minimum absolute atomic E-state index is 0.750. The van der Waals surface area contributed by atoms with Gasteiger partial charge in [0.05, 0.1) is 23.6 Å². The summed E-state index contributed by atoms with van der Waals surface area (Å²) in [5, 5.41) is 15.3. The fraction of sp³-hybridized carbons (Fsp3) is 0. The van der Waals surface area contributed by atoms with Gasteiger partial charge >= 0.3 is 0 Å². The Morgan fingerprint density at radius 1 is 1.42 bits per heavy atom. The highest BCUT2D eigenvalue weighted by Crippen LogP contribution is 2.03. The van der Waals surface area contributed by atoms with Crippen molar-refractivity contribution < 1.29 is 5.21 Å². The quantitative estimate of drug-likeness (QED) is 0.387. The molecule has 4 heteroatoms. The second-order valence-electron chi connectivity index (χ2n) is 2.36. The maximum atomic E-state index is 8.34. The highest BCUT2D eigenvalue weighted by atomic mass is 16.4. The molecule has 0 atom stereocenters. The zero-order chi connectivity index (χ0) is 8.39. The molecule has 0 aliphatic carbocycles. The summed E-state index contributed by atoms with van der Waals surface area (Å²) >= 11 is 0. The average Bonchev–Trinajstić information content (AvgIpc) is 2.53. The molecular weight excluding hydrogens is 154 g/mol. The van der Waals surface area contributed by atoms with Gasteiger partial charge < -0.3 is 5.21 Å². The molecule has 0 saturated carbocycles. The number of pyridine rings is 1. The zero-order valence-corrected chi connectivity index (χ0v) is 6.25. The number of hydrogen-bond acceptors (Lipinski definition) is 3. The highest BCUT2D eigenvalue weighted by Gasteiger charge is 1.96. The average molecular weight is 161 g/mol. The van der Waals surface area contributed by atoms with E-state index < -0.39 is 0 Å². The van der Waals surface area contributed by atoms with Crippen molar-refractivity contribution in [1.82, 2.24) is 9.61 Å². The lowest BCUT2D eigenvalue weighted by atomic mass is 10.3. The van der Waals surface area contributed by atoms with Crippen molar-refractivity contribution in [3.63, 3.8) is 0 Å². The van der Waals surface area contributed by atoms with E-state index in [2.05, 4.69) is 10.3 Å². The van der Waals surface area contributed by atoms with Crippen LogP contribution in [0.3, 0.4) is 0 Å². The molecule has 2 aromatic rings. The predicted octanol–water partition coefficient (Wildman–Crippen LogP) is 1.14. The van der Waals surface area contributed by atoms with Crippen molar-refractivity contribution in [1.29, 1.82) is 0 Å². The van der Waals surface area contributed by atoms with E-state index in [9.17, 15) is 0 Å². The third-order valence-electron chi connectivity index (χ3n) is 1.64. The molecule has 0 fully saturated rings. The lowest BCUT2D eigenvalue weighted by Crippen LogP contribution is -1.95. The van der Waals surface area contributed by atoms with Crippen LogP contribution in [-0.4, -0.2) is 21.0 Å². The number of oxime groups is 1. The zero-order valence-electron chi connectivity index (χ0n) is 6.25. The Hall–Kier alpha value is -1.84. The van der Waals surface area contributed by atoms with Crippen molar-refractivity contribution in [2.75, 3.05) is 0 Å². The van der Waals surface area contributed by atoms with Gasteiger partial charge in [-0.05, 0) is 18.2 Å². The number of nitrogens with zero attached hydrogens (tertiary/aromatic N) is 3. The summed E-state index contributed by atoms with van der Waals surface area (Å²) in [6.07, 6.45) is 3.05. The Morgan fingerprint density at radius 2 is 2.33 bits per heavy atom. The van der Waals surface area contributed by atoms with Crippen molar-refractivity contribution in [3.8, 4) is 0 Å². The van der Waals surface area contributed by atoms with Crippen LogP contribution in [0, 0.1) is 0 Å². The molecule has 2 rings (SSSR count). The Labute approximate surface area is 68.7 Å². The van der Waals surface area contributed by atoms with Crippen molar-refractivity contribution in [3.05, 3.63) is 36.2 Å². The van der Waals surface area contributed by atoms with Gasteiger partial charge in [-0.2, -0.15) is 5.10 Å². The van der Waals surface area contributed by atoms with Crippen LogP contribution in [0.4, 0.5) is 0 Å². The number of aromatic nitrogens is 2. The summed E-state index contributed by atoms with van der Waals surface area (Å²) in [5.74, 6) is 0. The van der Waals surface area contributed by atoms with E-state index >= 15 is 0 Å². The monoisotopic (exact) mass is 161 g/mol. The summed E-state index contributed by atoms with van der Waals surface area (Å²) < 4.78 is 1.69. The smallest absolute Gasteiger partial charge is 0.0918 e. The summed E-state index contributed by atoms with van der Waals surface area (Å²) in [7, 11) is 0. The minimum atomic E-state index is 0.750. The van der Waals surface area contributed by atoms with Crippen LogP contribution in [0.25, 0.3) is 5.52 Å². The lowest BCUT2D eigenvalue weighted by Gasteiger charge is -1.96. The molecule has 0 spiro atoms. The van der Waals surface area contributed by atoms with Crippen LogP contribution in [0.15, 0.2) is 35.6 Å². The first kappa shape index (κ1) is 6.84. The maximum Gasteiger partial charge on any atom is 0.0918 e. The SMILES string of the molecule is O/N=C/c1cccc2ccnn12. The molecule has 0 aliphatic heterocycles. The Bertz CT molecular complexity index is 419. The van der Waals surface area contributed by atoms with Gasteiger partial charge in [0.25, 0.3) is 0 Å². The van der Waals surface area contributed by atoms with Gasteiger partial charge in [-0.3, -0.25) is 0 Å². The third kappa shape index (κ3) is 0.934. The van der Waals surface area contributed by atoms with E-state index in [-0.39, 0.29) is 0 Å². The molecule has 2 aromatic heterocycles. The number of hydrogen-bond donors (Lipinski definition) is 1. The molecule has 2 heterocycles. The number of fused-ring (bicyclic) bond motifs is 1. The van der Waals surface area contributed by atoms with Gasteiger partial charge in [-0.1, -0.05) is 11.2 Å². The molecule has 0 radical (unpaired) electrons. The molecular formula is C8H7N3O. The summed E-state index contributed by atoms with van der Waals surface area (Å²) in [6.45, 7) is 0. The summed E-state index contributed by atoms with van der Waals surface area (Å²) in [4.78, 5) is 0. The van der Waals surface area contributed by atoms with Gasteiger partial charge in [0.15, 0.2) is 0 Å². The van der Waals surface area contributed by atoms with Crippen LogP contribution < -0.4 is 0 Å². The molecule has 0 aromatic carbocycles. The van der Waals surface area contributed by atoms with Gasteiger partial charge in [0, 0.05) is 0 Å². The van der Waals surface area contributed by atoms with Crippen LogP contribution >= 0.6 is 0 Å². The molecule has 0 saturated heterocycles. The molecule has 4 nitrogen and oxygen atoms in total. The lowest BCUT2D eigenvalue weighted by molar-refractivity contribution is 0.321. The van der Waals surface area contributed by atoms with Crippen LogP contribution in [0.5, 0.6) is 0 Å². The predicted molar refractivity (Wildman–Crippen MR) is 44.6 cm³/mol. The van der Waals surface area contributed by atoms with E-state index in [4.69, 9.17) is 5.21 Å². The number of rotatable bonds is 1. The largest absolute Gasteiger partial charge is 0.411 e. The van der Waals surface area contributed by atoms with Crippen molar-refractivity contribution >= 4 is 11.7 Å². The van der Waals surface area contributed by atoms with Gasteiger partial charge in [-0.25, -0.2) is 4.52 Å². The second kappa shape index (κ2) is 2.65. The highest BCUT2D eigenvalue weighted by molar-refractivity contribution is 5.78. The van der Waals surface area contributed by atoms with Crippen LogP contribution in [0.1, 0.15) is 5.69 Å². The maximum absolute atomic E-state index is 8.34. The van der Waals surface area contributed by atoms with Crippen LogP contribution in [0.2, 0.25) is 0 Å². The van der Waals surface area contributed by atoms with Crippen molar-refractivity contribution in [2.45, 2.75) is 0 Å². The topological polar surface area (TPSA) is 49.9 Å². The van der Waals surface area contributed by atoms with Crippen LogP contribution in [-0.2, 0) is 0 Å². The van der Waals surface area contributed by atoms with Gasteiger partial charge in [0.1, 0.15) is 0 Å². The van der Waals surface area contributed by atoms with E-state index in [0.717, 1.165) is 11.2 Å². The summed E-state index contributed by atoms with van der Waals surface area (Å²) in [5.41, 5.74) is 1.73. The standard InChI is InChI=1S/C8H7N3O/c12-10-6-8-3-1-2-7-4-5-9-11(7)8/h1-6,12H/b10-6+. The second-order valence-corrected chi connectivity index (χ2v) is 2.36. The Kier molecular flexibility index (Phi) is 1.51. The first-order valence-corrected chi connectivity index (χ1v) is 3.52. The van der Waals surface area contributed by atoms with E-state index in [1.807, 2.05) is 24.3 Å². The Morgan fingerprint density at radius 3 is 3.17 bits per heavy atom. The Balaban J connectivity index is 2.73. The minimum Gasteiger partial charge on any atom is -0.411 e. The van der Waals surface area contributed by atoms with Crippen molar-refractivity contribution in [2.24, 2.45) is 5.16 Å². The van der Waals surface area contributed by atoms with Gasteiger partial charge in [-0.15, -0.1) is 0 Å². The molecule has 60 valence electrons. The third-order valence-corrected chi connectivity index (χ3v) is 1.64. The van der Waals surface area contributed by atoms with E-state index in [0.29, 0.717) is 0 Å². The summed E-state index contributed by atoms with van der Waals surface area (Å²) in [6, 6.07) is 7.52. The molecule has 0 unspecified atom stereocenters. The first-order chi connectivity index (χ1) is 5.92. The normalized spacial score (nSPS) is 11.3. The van der Waals surface area contributed by atoms with Gasteiger partial charge in [0.2, 0.25) is 0 Å². The fourth-order valence-electron chi connectivity index (χ4n) is 1.13. The first-order valence-electron chi connectivity index (χ1n) is 3.52. The molecule has 0 amide bonds. The molecule has 0 bridgehead atoms. The molecule has 0 aliphatic rings.